The van der Waals surface area contributed by atoms with Crippen LogP contribution in [0.5, 0.6) is 0 Å². The number of thiophene rings is 1. The highest BCUT2D eigenvalue weighted by atomic mass is 32.1. The Morgan fingerprint density at radius 3 is 2.38 bits per heavy atom. The van der Waals surface area contributed by atoms with Gasteiger partial charge in [0.15, 0.2) is 0 Å². The van der Waals surface area contributed by atoms with E-state index in [0.717, 1.165) is 44.9 Å². The lowest BCUT2D eigenvalue weighted by Crippen LogP contribution is -2.25. The Morgan fingerprint density at radius 2 is 1.48 bits per heavy atom. The van der Waals surface area contributed by atoms with Crippen LogP contribution in [0.15, 0.2) is 149 Å². The lowest BCUT2D eigenvalue weighted by Gasteiger charge is -2.33. The fourth-order valence-corrected chi connectivity index (χ4v) is 10.2. The lowest BCUT2D eigenvalue weighted by molar-refractivity contribution is 0.127. The van der Waals surface area contributed by atoms with Gasteiger partial charge < -0.3 is 4.74 Å². The van der Waals surface area contributed by atoms with Crippen LogP contribution < -0.4 is 0 Å². The van der Waals surface area contributed by atoms with E-state index in [4.69, 9.17) is 4.74 Å². The monoisotopic (exact) mass is 638 g/mol. The van der Waals surface area contributed by atoms with Crippen LogP contribution in [0, 0.1) is 0 Å². The fraction of sp³-hybridized carbons (Fsp3) is 0.217. The molecule has 3 unspecified atom stereocenters. The van der Waals surface area contributed by atoms with E-state index in [9.17, 15) is 0 Å². The molecule has 1 aromatic heterocycles. The van der Waals surface area contributed by atoms with Crippen molar-refractivity contribution < 1.29 is 4.74 Å². The predicted molar refractivity (Wildman–Crippen MR) is 202 cm³/mol. The average molecular weight is 639 g/mol. The molecule has 2 heterocycles. The number of hydrogen-bond donors (Lipinski definition) is 0. The van der Waals surface area contributed by atoms with E-state index >= 15 is 0 Å². The summed E-state index contributed by atoms with van der Waals surface area (Å²) in [6.07, 6.45) is 21.9. The first kappa shape index (κ1) is 28.4. The van der Waals surface area contributed by atoms with Gasteiger partial charge in [-0.25, -0.2) is 0 Å². The SMILES string of the molecule is C1=CC(c2ccc(C3=CC4OC5=C(CC(c6cccc7ccccc67)CC5)C5=C(C=CCC5)C4c4ccsc43)c3ccccc23)=CCC1. The highest BCUT2D eigenvalue weighted by molar-refractivity contribution is 7.11. The van der Waals surface area contributed by atoms with Crippen molar-refractivity contribution in [3.05, 3.63) is 176 Å². The summed E-state index contributed by atoms with van der Waals surface area (Å²) >= 11 is 1.89. The van der Waals surface area contributed by atoms with E-state index in [-0.39, 0.29) is 12.0 Å². The average Bonchev–Trinajstić information content (AvgIpc) is 3.59. The third kappa shape index (κ3) is 4.49. The van der Waals surface area contributed by atoms with Crippen molar-refractivity contribution in [1.29, 1.82) is 0 Å². The van der Waals surface area contributed by atoms with Gasteiger partial charge in [0.25, 0.3) is 0 Å². The second-order valence-corrected chi connectivity index (χ2v) is 14.9. The van der Waals surface area contributed by atoms with E-state index in [1.807, 2.05) is 11.3 Å². The maximum absolute atomic E-state index is 7.31. The molecule has 0 saturated carbocycles. The topological polar surface area (TPSA) is 9.23 Å². The van der Waals surface area contributed by atoms with Crippen molar-refractivity contribution in [2.75, 3.05) is 0 Å². The Balaban J connectivity index is 1.10. The molecule has 10 rings (SSSR count). The number of ether oxygens (including phenoxy) is 1. The summed E-state index contributed by atoms with van der Waals surface area (Å²) in [6.45, 7) is 0. The minimum absolute atomic E-state index is 0.0288. The van der Waals surface area contributed by atoms with E-state index < -0.39 is 0 Å². The molecule has 0 spiro atoms. The zero-order chi connectivity index (χ0) is 31.6. The number of benzene rings is 4. The Morgan fingerprint density at radius 1 is 0.667 bits per heavy atom. The molecular weight excluding hydrogens is 601 g/mol. The van der Waals surface area contributed by atoms with Crippen LogP contribution in [-0.2, 0) is 4.74 Å². The van der Waals surface area contributed by atoms with E-state index in [1.54, 1.807) is 5.57 Å². The van der Waals surface area contributed by atoms with Crippen LogP contribution >= 0.6 is 11.3 Å². The van der Waals surface area contributed by atoms with Gasteiger partial charge >= 0.3 is 0 Å². The van der Waals surface area contributed by atoms with Crippen LogP contribution in [0.25, 0.3) is 32.7 Å². The molecular formula is C46H38OS. The van der Waals surface area contributed by atoms with Crippen molar-refractivity contribution in [2.24, 2.45) is 0 Å². The number of rotatable bonds is 3. The van der Waals surface area contributed by atoms with Gasteiger partial charge in [0, 0.05) is 11.3 Å². The Hall–Kier alpha value is -4.66. The maximum Gasteiger partial charge on any atom is 0.128 e. The van der Waals surface area contributed by atoms with Crippen molar-refractivity contribution in [3.63, 3.8) is 0 Å². The van der Waals surface area contributed by atoms with Crippen LogP contribution in [0.4, 0.5) is 0 Å². The summed E-state index contributed by atoms with van der Waals surface area (Å²) in [7, 11) is 0. The zero-order valence-electron chi connectivity index (χ0n) is 27.1. The Kier molecular flexibility index (Phi) is 6.79. The smallest absolute Gasteiger partial charge is 0.128 e. The van der Waals surface area contributed by atoms with Crippen molar-refractivity contribution in [1.82, 2.24) is 0 Å². The van der Waals surface area contributed by atoms with E-state index in [2.05, 4.69) is 127 Å². The molecule has 48 heavy (non-hydrogen) atoms. The molecule has 2 heteroatoms. The first-order valence-corrected chi connectivity index (χ1v) is 18.6. The second kappa shape index (κ2) is 11.5. The van der Waals surface area contributed by atoms with Gasteiger partial charge in [0.2, 0.25) is 0 Å². The predicted octanol–water partition coefficient (Wildman–Crippen LogP) is 12.6. The molecule has 5 aliphatic rings. The van der Waals surface area contributed by atoms with Crippen molar-refractivity contribution in [3.8, 4) is 0 Å². The second-order valence-electron chi connectivity index (χ2n) is 14.0. The molecule has 0 amide bonds. The molecule has 0 fully saturated rings. The third-order valence-electron chi connectivity index (χ3n) is 11.4. The van der Waals surface area contributed by atoms with Gasteiger partial charge in [-0.3, -0.25) is 0 Å². The van der Waals surface area contributed by atoms with Crippen LogP contribution in [0.3, 0.4) is 0 Å². The van der Waals surface area contributed by atoms with Crippen LogP contribution in [-0.4, -0.2) is 6.10 Å². The fourth-order valence-electron chi connectivity index (χ4n) is 9.23. The minimum Gasteiger partial charge on any atom is -0.489 e. The molecule has 5 aromatic rings. The number of allylic oxidation sites excluding steroid dienone is 9. The Bertz CT molecular complexity index is 2310. The van der Waals surface area contributed by atoms with Gasteiger partial charge in [0.1, 0.15) is 11.9 Å². The van der Waals surface area contributed by atoms with Crippen molar-refractivity contribution >= 4 is 44.0 Å². The quantitative estimate of drug-likeness (QED) is 0.191. The summed E-state index contributed by atoms with van der Waals surface area (Å²) in [4.78, 5) is 1.40. The highest BCUT2D eigenvalue weighted by Crippen LogP contribution is 2.54. The molecule has 1 nitrogen and oxygen atoms in total. The first-order valence-electron chi connectivity index (χ1n) is 17.8. The standard InChI is InChI=1S/C46H38OS/c1-2-11-29(12-3-1)34-22-23-38(36-17-7-6-16-35(34)36)42-28-44-45(40-25-26-48-46(40)42)39-19-9-8-18-37(39)41-27-31(21-24-43(41)47-44)33-20-10-14-30-13-4-5-15-32(30)33/h2,4-7,9-17,19-20,22-23,25-26,28,31,44-45H,1,3,8,18,21,24,27H2. The van der Waals surface area contributed by atoms with E-state index in [0.29, 0.717) is 5.92 Å². The Labute approximate surface area is 287 Å². The molecule has 3 atom stereocenters. The normalized spacial score (nSPS) is 23.1. The summed E-state index contributed by atoms with van der Waals surface area (Å²) in [5.41, 5.74) is 12.8. The molecule has 0 saturated heterocycles. The molecule has 0 radical (unpaired) electrons. The summed E-state index contributed by atoms with van der Waals surface area (Å²) < 4.78 is 7.31. The van der Waals surface area contributed by atoms with Gasteiger partial charge in [0.05, 0.1) is 5.92 Å². The molecule has 4 aromatic carbocycles. The third-order valence-corrected chi connectivity index (χ3v) is 12.4. The molecule has 0 bridgehead atoms. The van der Waals surface area contributed by atoms with Gasteiger partial charge in [-0.15, -0.1) is 11.3 Å². The largest absolute Gasteiger partial charge is 0.489 e. The maximum atomic E-state index is 7.31. The lowest BCUT2D eigenvalue weighted by atomic mass is 9.73. The first-order chi connectivity index (χ1) is 23.8. The molecule has 1 aliphatic heterocycles. The highest BCUT2D eigenvalue weighted by Gasteiger charge is 2.41. The summed E-state index contributed by atoms with van der Waals surface area (Å²) in [5.74, 6) is 1.96. The minimum atomic E-state index is -0.0288. The van der Waals surface area contributed by atoms with Crippen LogP contribution in [0.1, 0.15) is 83.9 Å². The summed E-state index contributed by atoms with van der Waals surface area (Å²) in [6, 6.07) is 31.9. The zero-order valence-corrected chi connectivity index (χ0v) is 27.9. The van der Waals surface area contributed by atoms with E-state index in [1.165, 1.54) is 76.7 Å². The van der Waals surface area contributed by atoms with Crippen LogP contribution in [0.2, 0.25) is 0 Å². The molecule has 234 valence electrons. The molecule has 4 aliphatic carbocycles. The van der Waals surface area contributed by atoms with Gasteiger partial charge in [-0.2, -0.15) is 0 Å². The van der Waals surface area contributed by atoms with Crippen molar-refractivity contribution in [2.45, 2.75) is 62.9 Å². The number of hydrogen-bond acceptors (Lipinski definition) is 2. The summed E-state index contributed by atoms with van der Waals surface area (Å²) in [5, 5.41) is 7.69. The number of fused-ring (bicyclic) bond motifs is 7. The van der Waals surface area contributed by atoms with Gasteiger partial charge in [-0.1, -0.05) is 109 Å². The van der Waals surface area contributed by atoms with Gasteiger partial charge in [-0.05, 0) is 134 Å². The molecule has 0 N–H and O–H groups in total.